The van der Waals surface area contributed by atoms with E-state index in [1.807, 2.05) is 6.92 Å². The predicted molar refractivity (Wildman–Crippen MR) is 201 cm³/mol. The Morgan fingerprint density at radius 2 is 1.69 bits per heavy atom. The number of phosphoric acid groups is 3. The number of aliphatic hydroxyl groups is 2. The molecule has 1 aliphatic heterocycles. The average molecular weight is 908 g/mol. The Bertz CT molecular complexity index is 1900. The third kappa shape index (κ3) is 15.7. The number of thioether (sulfide) groups is 1. The Labute approximate surface area is 335 Å². The molecule has 3 heterocycles. The number of phosphoric ester groups is 3. The highest BCUT2D eigenvalue weighted by atomic mass is 32.2. The van der Waals surface area contributed by atoms with E-state index < -0.39 is 84.6 Å². The van der Waals surface area contributed by atoms with Gasteiger partial charge in [-0.05, 0) is 6.42 Å². The van der Waals surface area contributed by atoms with Crippen LogP contribution in [-0.2, 0) is 55.5 Å². The highest BCUT2D eigenvalue weighted by Gasteiger charge is 2.50. The standard InChI is InChI=1S/C29H48N7O18P3S/c1-4-5-6-17(37)7-8-20(39)58-12-11-31-19(38)9-10-32-27(42)24(41)29(2,3)14-51-57(48,49)54-56(46,47)50-13-18-23(53-55(43,44)45)22(40)28(52-18)36-16-35-21-25(30)33-15-34-26(21)36/h15-16,18,22-24,28,40-41H,4-14H2,1-3H3,(H,31,38)(H,32,42)(H,46,47)(H,48,49)(H2,30,33,34)(H2,43,44,45). The maximum absolute atomic E-state index is 12.7. The summed E-state index contributed by atoms with van der Waals surface area (Å²) in [7, 11) is -16.4. The number of hydrogen-bond donors (Lipinski definition) is 9. The minimum Gasteiger partial charge on any atom is -0.386 e. The van der Waals surface area contributed by atoms with Crippen LogP contribution in [0.5, 0.6) is 0 Å². The fourth-order valence-electron chi connectivity index (χ4n) is 5.11. The largest absolute Gasteiger partial charge is 0.481 e. The van der Waals surface area contributed by atoms with Gasteiger partial charge in [0.05, 0.1) is 19.5 Å². The number of hydrogen-bond acceptors (Lipinski definition) is 19. The lowest BCUT2D eigenvalue weighted by Gasteiger charge is -2.30. The van der Waals surface area contributed by atoms with E-state index in [2.05, 4.69) is 34.4 Å². The molecule has 2 aromatic rings. The highest BCUT2D eigenvalue weighted by Crippen LogP contribution is 2.61. The first-order valence-electron chi connectivity index (χ1n) is 17.5. The Balaban J connectivity index is 1.45. The number of nitrogens with zero attached hydrogens (tertiary/aromatic N) is 4. The first-order chi connectivity index (χ1) is 26.9. The Kier molecular flexibility index (Phi) is 18.5. The molecule has 0 aromatic carbocycles. The van der Waals surface area contributed by atoms with Gasteiger partial charge in [-0.25, -0.2) is 28.6 Å². The summed E-state index contributed by atoms with van der Waals surface area (Å²) in [5, 5.41) is 26.2. The summed E-state index contributed by atoms with van der Waals surface area (Å²) in [6, 6.07) is 0. The molecule has 58 heavy (non-hydrogen) atoms. The summed E-state index contributed by atoms with van der Waals surface area (Å²) in [4.78, 5) is 99.3. The monoisotopic (exact) mass is 907 g/mol. The van der Waals surface area contributed by atoms with E-state index in [1.165, 1.54) is 13.8 Å². The number of unbranched alkanes of at least 4 members (excludes halogenated alkanes) is 1. The van der Waals surface area contributed by atoms with Crippen molar-refractivity contribution in [1.29, 1.82) is 0 Å². The van der Waals surface area contributed by atoms with E-state index in [0.29, 0.717) is 6.42 Å². The lowest BCUT2D eigenvalue weighted by atomic mass is 9.87. The van der Waals surface area contributed by atoms with Crippen molar-refractivity contribution in [3.05, 3.63) is 12.7 Å². The molecule has 1 saturated heterocycles. The lowest BCUT2D eigenvalue weighted by molar-refractivity contribution is -0.137. The Hall–Kier alpha value is -2.77. The van der Waals surface area contributed by atoms with E-state index in [0.717, 1.165) is 41.8 Å². The van der Waals surface area contributed by atoms with Gasteiger partial charge >= 0.3 is 23.5 Å². The molecule has 10 N–H and O–H groups in total. The summed E-state index contributed by atoms with van der Waals surface area (Å²) in [5.41, 5.74) is 4.23. The lowest BCUT2D eigenvalue weighted by Crippen LogP contribution is -2.46. The van der Waals surface area contributed by atoms with Crippen LogP contribution in [0.15, 0.2) is 12.7 Å². The number of nitrogens with two attached hydrogens (primary N) is 1. The molecular formula is C29H48N7O18P3S. The highest BCUT2D eigenvalue weighted by molar-refractivity contribution is 8.13. The van der Waals surface area contributed by atoms with E-state index in [1.54, 1.807) is 0 Å². The van der Waals surface area contributed by atoms with Crippen molar-refractivity contribution in [3.8, 4) is 0 Å². The number of nitrogen functional groups attached to an aromatic ring is 1. The summed E-state index contributed by atoms with van der Waals surface area (Å²) in [6.45, 7) is 2.33. The number of amides is 2. The topological polar surface area (TPSA) is 381 Å². The molecule has 0 bridgehead atoms. The maximum Gasteiger partial charge on any atom is 0.481 e. The molecule has 0 aliphatic carbocycles. The van der Waals surface area contributed by atoms with Gasteiger partial charge in [-0.15, -0.1) is 0 Å². The number of nitrogens with one attached hydrogen (secondary N) is 2. The van der Waals surface area contributed by atoms with Crippen molar-refractivity contribution in [1.82, 2.24) is 30.2 Å². The molecule has 328 valence electrons. The van der Waals surface area contributed by atoms with Gasteiger partial charge in [-0.1, -0.05) is 39.0 Å². The quantitative estimate of drug-likeness (QED) is 0.0475. The zero-order valence-corrected chi connectivity index (χ0v) is 35.0. The van der Waals surface area contributed by atoms with Crippen LogP contribution in [-0.4, -0.2) is 128 Å². The summed E-state index contributed by atoms with van der Waals surface area (Å²) >= 11 is 0.984. The molecule has 3 rings (SSSR count). The zero-order chi connectivity index (χ0) is 43.5. The number of ether oxygens (including phenoxy) is 1. The molecule has 0 saturated carbocycles. The average Bonchev–Trinajstić information content (AvgIpc) is 3.69. The molecule has 0 spiro atoms. The Morgan fingerprint density at radius 3 is 2.36 bits per heavy atom. The van der Waals surface area contributed by atoms with Gasteiger partial charge in [0.15, 0.2) is 22.8 Å². The van der Waals surface area contributed by atoms with Crippen LogP contribution in [0.1, 0.15) is 65.5 Å². The number of imidazole rings is 1. The van der Waals surface area contributed by atoms with Gasteiger partial charge < -0.3 is 50.9 Å². The van der Waals surface area contributed by atoms with Crippen molar-refractivity contribution in [2.75, 3.05) is 37.8 Å². The van der Waals surface area contributed by atoms with E-state index in [9.17, 15) is 62.7 Å². The third-order valence-corrected chi connectivity index (χ3v) is 12.2. The van der Waals surface area contributed by atoms with Crippen LogP contribution < -0.4 is 16.4 Å². The molecule has 2 amide bonds. The first kappa shape index (κ1) is 49.6. The third-order valence-electron chi connectivity index (χ3n) is 8.18. The van der Waals surface area contributed by atoms with Crippen LogP contribution in [0.3, 0.4) is 0 Å². The number of carbonyl (C=O) groups is 4. The smallest absolute Gasteiger partial charge is 0.386 e. The minimum atomic E-state index is -5.58. The second kappa shape index (κ2) is 21.7. The summed E-state index contributed by atoms with van der Waals surface area (Å²) in [6.07, 6.45) is -4.60. The number of anilines is 1. The van der Waals surface area contributed by atoms with Gasteiger partial charge in [0, 0.05) is 49.9 Å². The van der Waals surface area contributed by atoms with Crippen molar-refractivity contribution in [2.24, 2.45) is 5.41 Å². The number of aliphatic hydroxyl groups excluding tert-OH is 2. The molecule has 7 atom stereocenters. The van der Waals surface area contributed by atoms with E-state index in [-0.39, 0.29) is 66.0 Å². The number of aromatic nitrogens is 4. The number of ketones is 1. The molecular weight excluding hydrogens is 859 g/mol. The molecule has 0 radical (unpaired) electrons. The molecule has 29 heteroatoms. The van der Waals surface area contributed by atoms with Crippen LogP contribution >= 0.6 is 35.2 Å². The van der Waals surface area contributed by atoms with Gasteiger partial charge in [0.2, 0.25) is 11.8 Å². The van der Waals surface area contributed by atoms with Crippen molar-refractivity contribution in [3.63, 3.8) is 0 Å². The zero-order valence-electron chi connectivity index (χ0n) is 31.5. The van der Waals surface area contributed by atoms with Crippen molar-refractivity contribution < 1.29 is 85.3 Å². The molecule has 1 fully saturated rings. The fourth-order valence-corrected chi connectivity index (χ4v) is 8.61. The van der Waals surface area contributed by atoms with Crippen LogP contribution in [0, 0.1) is 5.41 Å². The van der Waals surface area contributed by atoms with Crippen LogP contribution in [0.4, 0.5) is 5.82 Å². The van der Waals surface area contributed by atoms with E-state index >= 15 is 0 Å². The number of rotatable bonds is 25. The fraction of sp³-hybridized carbons (Fsp3) is 0.690. The number of Topliss-reactive ketones (excluding diaryl/α,β-unsaturated/α-hetero) is 1. The Morgan fingerprint density at radius 1 is 1.00 bits per heavy atom. The van der Waals surface area contributed by atoms with E-state index in [4.69, 9.17) is 19.5 Å². The van der Waals surface area contributed by atoms with Crippen LogP contribution in [0.25, 0.3) is 11.2 Å². The van der Waals surface area contributed by atoms with Gasteiger partial charge in [-0.3, -0.25) is 37.3 Å². The first-order valence-corrected chi connectivity index (χ1v) is 23.0. The van der Waals surface area contributed by atoms with Crippen molar-refractivity contribution in [2.45, 2.75) is 89.9 Å². The van der Waals surface area contributed by atoms with Crippen LogP contribution in [0.2, 0.25) is 0 Å². The van der Waals surface area contributed by atoms with Crippen molar-refractivity contribution >= 4 is 74.9 Å². The molecule has 2 aromatic heterocycles. The molecule has 7 unspecified atom stereocenters. The maximum atomic E-state index is 12.7. The molecule has 1 aliphatic rings. The van der Waals surface area contributed by atoms with Gasteiger partial charge in [0.25, 0.3) is 0 Å². The summed E-state index contributed by atoms with van der Waals surface area (Å²) in [5.74, 6) is -1.21. The normalized spacial score (nSPS) is 21.3. The molecule has 25 nitrogen and oxygen atoms in total. The second-order valence-corrected chi connectivity index (χ2v) is 18.8. The second-order valence-electron chi connectivity index (χ2n) is 13.4. The van der Waals surface area contributed by atoms with Gasteiger partial charge in [-0.2, -0.15) is 4.31 Å². The van der Waals surface area contributed by atoms with Gasteiger partial charge in [0.1, 0.15) is 42.0 Å². The SMILES string of the molecule is CCCCC(=O)CCC(=O)SCCNC(=O)CCNC(=O)C(O)C(C)(C)COP(=O)(O)OP(=O)(O)OCC1OC(n2cnc3c(N)ncnc32)C(O)C1OP(=O)(O)O. The number of fused-ring (bicyclic) bond motifs is 1. The predicted octanol–water partition coefficient (Wildman–Crippen LogP) is 0.204. The minimum absolute atomic E-state index is 0.0255. The number of carbonyl (C=O) groups excluding carboxylic acids is 4. The summed E-state index contributed by atoms with van der Waals surface area (Å²) < 4.78 is 62.1.